The summed E-state index contributed by atoms with van der Waals surface area (Å²) in [6.07, 6.45) is 0.802. The van der Waals surface area contributed by atoms with Gasteiger partial charge < -0.3 is 9.73 Å². The number of nitrogens with zero attached hydrogens (tertiary/aromatic N) is 1. The Morgan fingerprint density at radius 1 is 1.40 bits per heavy atom. The molecule has 7 heteroatoms. The van der Waals surface area contributed by atoms with E-state index in [1.807, 2.05) is 24.4 Å². The van der Waals surface area contributed by atoms with Crippen LogP contribution in [0.5, 0.6) is 0 Å². The molecule has 25 heavy (non-hydrogen) atoms. The standard InChI is InChI=1S/C18H16BrFN2O2S/c1-11-15(22-18(24-11)16-3-2-8-25-16)10-17(23)21-7-6-12-4-5-14(20)13(19)9-12/h2-5,8-9H,6-7,10H2,1H3,(H,21,23). The molecule has 4 nitrogen and oxygen atoms in total. The summed E-state index contributed by atoms with van der Waals surface area (Å²) >= 11 is 4.70. The number of hydrogen-bond acceptors (Lipinski definition) is 4. The number of benzene rings is 1. The van der Waals surface area contributed by atoms with Crippen LogP contribution in [0.25, 0.3) is 10.8 Å². The van der Waals surface area contributed by atoms with Gasteiger partial charge in [0.2, 0.25) is 11.8 Å². The van der Waals surface area contributed by atoms with Crippen LogP contribution in [-0.4, -0.2) is 17.4 Å². The quantitative estimate of drug-likeness (QED) is 0.635. The molecule has 0 bridgehead atoms. The number of hydrogen-bond donors (Lipinski definition) is 1. The van der Waals surface area contributed by atoms with Gasteiger partial charge >= 0.3 is 0 Å². The summed E-state index contributed by atoms with van der Waals surface area (Å²) in [5, 5.41) is 4.81. The molecule has 0 fully saturated rings. The average Bonchev–Trinajstić information content (AvgIpc) is 3.21. The van der Waals surface area contributed by atoms with Crippen molar-refractivity contribution in [3.63, 3.8) is 0 Å². The molecule has 1 N–H and O–H groups in total. The second-order valence-electron chi connectivity index (χ2n) is 5.52. The van der Waals surface area contributed by atoms with E-state index in [0.29, 0.717) is 34.8 Å². The van der Waals surface area contributed by atoms with Crippen molar-refractivity contribution in [3.8, 4) is 10.8 Å². The Balaban J connectivity index is 1.53. The molecule has 2 heterocycles. The number of carbonyl (C=O) groups is 1. The fourth-order valence-electron chi connectivity index (χ4n) is 2.35. The van der Waals surface area contributed by atoms with Crippen molar-refractivity contribution in [2.24, 2.45) is 0 Å². The second kappa shape index (κ2) is 7.93. The highest BCUT2D eigenvalue weighted by Gasteiger charge is 2.15. The lowest BCUT2D eigenvalue weighted by Crippen LogP contribution is -2.27. The van der Waals surface area contributed by atoms with Crippen LogP contribution in [0.15, 0.2) is 44.6 Å². The predicted molar refractivity (Wildman–Crippen MR) is 99.1 cm³/mol. The predicted octanol–water partition coefficient (Wildman–Crippen LogP) is 4.51. The zero-order chi connectivity index (χ0) is 17.8. The van der Waals surface area contributed by atoms with Crippen LogP contribution in [0.3, 0.4) is 0 Å². The SMILES string of the molecule is Cc1oc(-c2cccs2)nc1CC(=O)NCCc1ccc(F)c(Br)c1. The van der Waals surface area contributed by atoms with Gasteiger partial charge in [0.25, 0.3) is 0 Å². The zero-order valence-electron chi connectivity index (χ0n) is 13.5. The van der Waals surface area contributed by atoms with Crippen molar-refractivity contribution >= 4 is 33.2 Å². The molecule has 0 aliphatic heterocycles. The highest BCUT2D eigenvalue weighted by Crippen LogP contribution is 2.26. The van der Waals surface area contributed by atoms with Gasteiger partial charge in [-0.2, -0.15) is 0 Å². The Bertz CT molecular complexity index is 877. The number of carbonyl (C=O) groups excluding carboxylic acids is 1. The summed E-state index contributed by atoms with van der Waals surface area (Å²) in [6, 6.07) is 8.70. The van der Waals surface area contributed by atoms with Crippen LogP contribution in [-0.2, 0) is 17.6 Å². The van der Waals surface area contributed by atoms with Crippen LogP contribution in [0.4, 0.5) is 4.39 Å². The van der Waals surface area contributed by atoms with E-state index < -0.39 is 0 Å². The average molecular weight is 423 g/mol. The monoisotopic (exact) mass is 422 g/mol. The van der Waals surface area contributed by atoms with Crippen LogP contribution in [0.1, 0.15) is 17.0 Å². The van der Waals surface area contributed by atoms with Crippen LogP contribution >= 0.6 is 27.3 Å². The van der Waals surface area contributed by atoms with Crippen LogP contribution in [0, 0.1) is 12.7 Å². The first kappa shape index (κ1) is 17.8. The lowest BCUT2D eigenvalue weighted by molar-refractivity contribution is -0.120. The molecule has 0 spiro atoms. The number of nitrogens with one attached hydrogen (secondary N) is 1. The Morgan fingerprint density at radius 2 is 2.24 bits per heavy atom. The van der Waals surface area contributed by atoms with E-state index in [1.165, 1.54) is 6.07 Å². The maximum Gasteiger partial charge on any atom is 0.236 e. The van der Waals surface area contributed by atoms with Crippen molar-refractivity contribution < 1.29 is 13.6 Å². The van der Waals surface area contributed by atoms with Gasteiger partial charge in [-0.05, 0) is 58.4 Å². The molecule has 0 aliphatic carbocycles. The first-order valence-electron chi connectivity index (χ1n) is 7.73. The number of amides is 1. The summed E-state index contributed by atoms with van der Waals surface area (Å²) in [5.41, 5.74) is 1.59. The normalized spacial score (nSPS) is 10.8. The van der Waals surface area contributed by atoms with E-state index in [4.69, 9.17) is 4.42 Å². The number of aromatic nitrogens is 1. The van der Waals surface area contributed by atoms with Gasteiger partial charge in [0.1, 0.15) is 11.6 Å². The minimum atomic E-state index is -0.296. The third-order valence-corrected chi connectivity index (χ3v) is 5.14. The summed E-state index contributed by atoms with van der Waals surface area (Å²) in [4.78, 5) is 17.5. The van der Waals surface area contributed by atoms with Gasteiger partial charge in [0.05, 0.1) is 21.5 Å². The van der Waals surface area contributed by atoms with E-state index >= 15 is 0 Å². The van der Waals surface area contributed by atoms with Gasteiger partial charge in [-0.1, -0.05) is 12.1 Å². The van der Waals surface area contributed by atoms with Gasteiger partial charge in [-0.15, -0.1) is 11.3 Å². The Morgan fingerprint density at radius 3 is 2.96 bits per heavy atom. The maximum absolute atomic E-state index is 13.2. The fraction of sp³-hybridized carbons (Fsp3) is 0.222. The molecular formula is C18H16BrFN2O2S. The Kier molecular flexibility index (Phi) is 5.65. The van der Waals surface area contributed by atoms with Crippen LogP contribution < -0.4 is 5.32 Å². The number of oxazole rings is 1. The summed E-state index contributed by atoms with van der Waals surface area (Å²) < 4.78 is 19.3. The van der Waals surface area contributed by atoms with Crippen molar-refractivity contribution in [2.75, 3.05) is 6.54 Å². The third-order valence-electron chi connectivity index (χ3n) is 3.67. The van der Waals surface area contributed by atoms with E-state index in [1.54, 1.807) is 23.5 Å². The molecule has 0 unspecified atom stereocenters. The topological polar surface area (TPSA) is 55.1 Å². The molecule has 1 amide bonds. The zero-order valence-corrected chi connectivity index (χ0v) is 15.9. The lowest BCUT2D eigenvalue weighted by atomic mass is 10.1. The van der Waals surface area contributed by atoms with Gasteiger partial charge in [0, 0.05) is 6.54 Å². The number of halogens is 2. The molecule has 0 saturated carbocycles. The van der Waals surface area contributed by atoms with E-state index in [9.17, 15) is 9.18 Å². The minimum absolute atomic E-state index is 0.115. The molecule has 0 radical (unpaired) electrons. The molecule has 0 saturated heterocycles. The molecule has 3 rings (SSSR count). The van der Waals surface area contributed by atoms with Gasteiger partial charge in [-0.3, -0.25) is 4.79 Å². The molecule has 130 valence electrons. The largest absolute Gasteiger partial charge is 0.440 e. The molecule has 3 aromatic rings. The van der Waals surface area contributed by atoms with Gasteiger partial charge in [-0.25, -0.2) is 9.37 Å². The van der Waals surface area contributed by atoms with Gasteiger partial charge in [0.15, 0.2) is 0 Å². The van der Waals surface area contributed by atoms with Crippen molar-refractivity contribution in [2.45, 2.75) is 19.8 Å². The molecular weight excluding hydrogens is 407 g/mol. The summed E-state index contributed by atoms with van der Waals surface area (Å²) in [6.45, 7) is 2.29. The van der Waals surface area contributed by atoms with E-state index in [0.717, 1.165) is 10.4 Å². The third kappa shape index (κ3) is 4.55. The van der Waals surface area contributed by atoms with E-state index in [-0.39, 0.29) is 18.1 Å². The minimum Gasteiger partial charge on any atom is -0.440 e. The smallest absolute Gasteiger partial charge is 0.236 e. The van der Waals surface area contributed by atoms with Crippen LogP contribution in [0.2, 0.25) is 0 Å². The second-order valence-corrected chi connectivity index (χ2v) is 7.33. The number of thiophene rings is 1. The van der Waals surface area contributed by atoms with Crippen molar-refractivity contribution in [1.29, 1.82) is 0 Å². The van der Waals surface area contributed by atoms with Crippen molar-refractivity contribution in [3.05, 3.63) is 63.0 Å². The lowest BCUT2D eigenvalue weighted by Gasteiger charge is -2.05. The highest BCUT2D eigenvalue weighted by atomic mass is 79.9. The van der Waals surface area contributed by atoms with Crippen molar-refractivity contribution in [1.82, 2.24) is 10.3 Å². The first-order chi connectivity index (χ1) is 12.0. The Labute approximate surface area is 157 Å². The molecule has 1 aromatic carbocycles. The molecule has 0 atom stereocenters. The first-order valence-corrected chi connectivity index (χ1v) is 9.41. The van der Waals surface area contributed by atoms with E-state index in [2.05, 4.69) is 26.2 Å². The summed E-state index contributed by atoms with van der Waals surface area (Å²) in [5.74, 6) is 0.790. The maximum atomic E-state index is 13.2. The molecule has 0 aliphatic rings. The number of aryl methyl sites for hydroxylation is 1. The Hall–Kier alpha value is -1.99. The number of rotatable bonds is 6. The fourth-order valence-corrected chi connectivity index (χ4v) is 3.43. The summed E-state index contributed by atoms with van der Waals surface area (Å²) in [7, 11) is 0. The highest BCUT2D eigenvalue weighted by molar-refractivity contribution is 9.10. The molecule has 2 aromatic heterocycles.